The summed E-state index contributed by atoms with van der Waals surface area (Å²) in [5.41, 5.74) is 0.940. The summed E-state index contributed by atoms with van der Waals surface area (Å²) < 4.78 is 7.23. The Morgan fingerprint density at radius 2 is 2.42 bits per heavy atom. The van der Waals surface area contributed by atoms with E-state index in [9.17, 15) is 4.79 Å². The quantitative estimate of drug-likeness (QED) is 0.736. The molecule has 2 heterocycles. The summed E-state index contributed by atoms with van der Waals surface area (Å²) in [4.78, 5) is 14.1. The number of nitrogens with one attached hydrogen (secondary N) is 1. The number of morpholine rings is 1. The van der Waals surface area contributed by atoms with Crippen LogP contribution in [-0.2, 0) is 9.53 Å². The Balaban J connectivity index is 1.51. The molecule has 0 aliphatic carbocycles. The van der Waals surface area contributed by atoms with E-state index in [4.69, 9.17) is 4.74 Å². The maximum absolute atomic E-state index is 12.2. The van der Waals surface area contributed by atoms with E-state index >= 15 is 0 Å². The predicted molar refractivity (Wildman–Crippen MR) is 100 cm³/mol. The predicted octanol–water partition coefficient (Wildman–Crippen LogP) is 3.38. The van der Waals surface area contributed by atoms with Gasteiger partial charge in [0.15, 0.2) is 4.34 Å². The highest BCUT2D eigenvalue weighted by Crippen LogP contribution is 2.28. The van der Waals surface area contributed by atoms with Crippen molar-refractivity contribution in [2.24, 2.45) is 0 Å². The highest BCUT2D eigenvalue weighted by Gasteiger charge is 2.21. The number of anilines is 2. The fraction of sp³-hybridized carbons (Fsp3) is 0.400. The van der Waals surface area contributed by atoms with Crippen LogP contribution in [0, 0.1) is 0 Å². The van der Waals surface area contributed by atoms with Crippen LogP contribution >= 0.6 is 39.0 Å². The van der Waals surface area contributed by atoms with E-state index < -0.39 is 0 Å². The van der Waals surface area contributed by atoms with Gasteiger partial charge in [0.1, 0.15) is 0 Å². The molecule has 1 atom stereocenters. The monoisotopic (exact) mass is 428 g/mol. The van der Waals surface area contributed by atoms with E-state index in [1.165, 1.54) is 23.1 Å². The molecular formula is C15H17BrN4O2S2. The molecule has 1 aliphatic rings. The Kier molecular flexibility index (Phi) is 6.09. The number of hydrogen-bond acceptors (Lipinski definition) is 7. The summed E-state index contributed by atoms with van der Waals surface area (Å²) in [6.07, 6.45) is 0.107. The van der Waals surface area contributed by atoms with E-state index in [2.05, 4.69) is 31.4 Å². The standard InChI is InChI=1S/C15H17BrN4O2S2/c1-10-8-20(5-6-22-10)13(21)9-23-15-19-18-14(24-15)17-12-4-2-3-11(16)7-12/h2-4,7,10H,5-6,8-9H2,1H3,(H,17,18). The summed E-state index contributed by atoms with van der Waals surface area (Å²) >= 11 is 6.30. The van der Waals surface area contributed by atoms with Crippen LogP contribution in [0.5, 0.6) is 0 Å². The summed E-state index contributed by atoms with van der Waals surface area (Å²) in [5.74, 6) is 0.491. The molecule has 1 N–H and O–H groups in total. The molecule has 0 radical (unpaired) electrons. The van der Waals surface area contributed by atoms with Crippen LogP contribution in [0.2, 0.25) is 0 Å². The van der Waals surface area contributed by atoms with E-state index in [0.29, 0.717) is 30.6 Å². The van der Waals surface area contributed by atoms with Gasteiger partial charge in [-0.3, -0.25) is 4.79 Å². The van der Waals surface area contributed by atoms with Crippen LogP contribution in [0.25, 0.3) is 0 Å². The van der Waals surface area contributed by atoms with Gasteiger partial charge in [0, 0.05) is 23.2 Å². The normalized spacial score (nSPS) is 17.8. The number of aromatic nitrogens is 2. The van der Waals surface area contributed by atoms with Gasteiger partial charge in [0.2, 0.25) is 11.0 Å². The Morgan fingerprint density at radius 1 is 1.54 bits per heavy atom. The number of carbonyl (C=O) groups is 1. The largest absolute Gasteiger partial charge is 0.375 e. The molecule has 1 unspecified atom stereocenters. The Bertz CT molecular complexity index is 712. The van der Waals surface area contributed by atoms with Gasteiger partial charge in [-0.25, -0.2) is 0 Å². The Morgan fingerprint density at radius 3 is 3.21 bits per heavy atom. The molecule has 0 bridgehead atoms. The summed E-state index contributed by atoms with van der Waals surface area (Å²) in [6.45, 7) is 3.91. The van der Waals surface area contributed by atoms with Crippen molar-refractivity contribution in [3.63, 3.8) is 0 Å². The van der Waals surface area contributed by atoms with E-state index in [0.717, 1.165) is 14.5 Å². The van der Waals surface area contributed by atoms with Gasteiger partial charge in [-0.1, -0.05) is 45.1 Å². The minimum atomic E-state index is 0.107. The van der Waals surface area contributed by atoms with Crippen molar-refractivity contribution in [3.8, 4) is 0 Å². The number of thioether (sulfide) groups is 1. The smallest absolute Gasteiger partial charge is 0.233 e. The number of hydrogen-bond donors (Lipinski definition) is 1. The zero-order valence-electron chi connectivity index (χ0n) is 13.1. The second-order valence-corrected chi connectivity index (χ2v) is 8.43. The van der Waals surface area contributed by atoms with Gasteiger partial charge in [0.25, 0.3) is 0 Å². The van der Waals surface area contributed by atoms with Crippen LogP contribution in [0.15, 0.2) is 33.1 Å². The van der Waals surface area contributed by atoms with Crippen LogP contribution in [-0.4, -0.2) is 52.6 Å². The molecule has 1 saturated heterocycles. The number of carbonyl (C=O) groups excluding carboxylic acids is 1. The maximum atomic E-state index is 12.2. The minimum Gasteiger partial charge on any atom is -0.375 e. The Hall–Kier alpha value is -1.16. The molecule has 1 aliphatic heterocycles. The van der Waals surface area contributed by atoms with Crippen molar-refractivity contribution in [2.75, 3.05) is 30.8 Å². The molecule has 0 saturated carbocycles. The molecule has 9 heteroatoms. The van der Waals surface area contributed by atoms with Crippen LogP contribution in [0.4, 0.5) is 10.8 Å². The third-order valence-electron chi connectivity index (χ3n) is 3.40. The van der Waals surface area contributed by atoms with Crippen LogP contribution < -0.4 is 5.32 Å². The van der Waals surface area contributed by atoms with Crippen molar-refractivity contribution in [1.29, 1.82) is 0 Å². The van der Waals surface area contributed by atoms with E-state index in [1.54, 1.807) is 0 Å². The first-order chi connectivity index (χ1) is 11.6. The van der Waals surface area contributed by atoms with Gasteiger partial charge < -0.3 is 15.0 Å². The van der Waals surface area contributed by atoms with Gasteiger partial charge in [-0.05, 0) is 25.1 Å². The molecule has 24 heavy (non-hydrogen) atoms. The number of nitrogens with zero attached hydrogens (tertiary/aromatic N) is 3. The number of halogens is 1. The van der Waals surface area contributed by atoms with Crippen molar-refractivity contribution in [1.82, 2.24) is 15.1 Å². The van der Waals surface area contributed by atoms with Gasteiger partial charge in [0.05, 0.1) is 18.5 Å². The second-order valence-electron chi connectivity index (χ2n) is 5.32. The van der Waals surface area contributed by atoms with Crippen LogP contribution in [0.3, 0.4) is 0 Å². The zero-order valence-corrected chi connectivity index (χ0v) is 16.3. The molecule has 6 nitrogen and oxygen atoms in total. The molecular weight excluding hydrogens is 412 g/mol. The summed E-state index contributed by atoms with van der Waals surface area (Å²) in [5, 5.41) is 12.2. The van der Waals surface area contributed by atoms with E-state index in [1.807, 2.05) is 36.1 Å². The molecule has 0 spiro atoms. The minimum absolute atomic E-state index is 0.107. The summed E-state index contributed by atoms with van der Waals surface area (Å²) in [7, 11) is 0. The van der Waals surface area contributed by atoms with Gasteiger partial charge in [-0.15, -0.1) is 10.2 Å². The average molecular weight is 429 g/mol. The zero-order chi connectivity index (χ0) is 16.9. The van der Waals surface area contributed by atoms with Gasteiger partial charge in [-0.2, -0.15) is 0 Å². The van der Waals surface area contributed by atoms with Crippen molar-refractivity contribution in [2.45, 2.75) is 17.4 Å². The highest BCUT2D eigenvalue weighted by molar-refractivity contribution is 9.10. The van der Waals surface area contributed by atoms with Crippen molar-refractivity contribution < 1.29 is 9.53 Å². The first-order valence-electron chi connectivity index (χ1n) is 7.48. The topological polar surface area (TPSA) is 67.4 Å². The average Bonchev–Trinajstić information content (AvgIpc) is 3.00. The maximum Gasteiger partial charge on any atom is 0.233 e. The molecule has 1 fully saturated rings. The molecule has 1 amide bonds. The van der Waals surface area contributed by atoms with Gasteiger partial charge >= 0.3 is 0 Å². The highest BCUT2D eigenvalue weighted by atomic mass is 79.9. The molecule has 1 aromatic carbocycles. The Labute approximate surface area is 157 Å². The molecule has 3 rings (SSSR count). The number of ether oxygens (including phenoxy) is 1. The SMILES string of the molecule is CC1CN(C(=O)CSc2nnc(Nc3cccc(Br)c3)s2)CCO1. The fourth-order valence-electron chi connectivity index (χ4n) is 2.27. The number of benzene rings is 1. The first kappa shape index (κ1) is 17.7. The lowest BCUT2D eigenvalue weighted by Gasteiger charge is -2.31. The van der Waals surface area contributed by atoms with Crippen LogP contribution in [0.1, 0.15) is 6.92 Å². The summed E-state index contributed by atoms with van der Waals surface area (Å²) in [6, 6.07) is 7.84. The number of rotatable bonds is 5. The molecule has 1 aromatic heterocycles. The third kappa shape index (κ3) is 4.92. The first-order valence-corrected chi connectivity index (χ1v) is 10.1. The molecule has 2 aromatic rings. The molecule has 128 valence electrons. The third-order valence-corrected chi connectivity index (χ3v) is 5.85. The second kappa shape index (κ2) is 8.28. The number of amides is 1. The van der Waals surface area contributed by atoms with Crippen molar-refractivity contribution in [3.05, 3.63) is 28.7 Å². The van der Waals surface area contributed by atoms with Crippen molar-refractivity contribution >= 4 is 55.8 Å². The lowest BCUT2D eigenvalue weighted by atomic mass is 10.3. The fourth-order valence-corrected chi connectivity index (χ4v) is 4.34. The van der Waals surface area contributed by atoms with E-state index in [-0.39, 0.29) is 12.0 Å². The lowest BCUT2D eigenvalue weighted by Crippen LogP contribution is -2.45. The lowest BCUT2D eigenvalue weighted by molar-refractivity contribution is -0.135.